The van der Waals surface area contributed by atoms with Gasteiger partial charge in [-0.25, -0.2) is 0 Å². The summed E-state index contributed by atoms with van der Waals surface area (Å²) in [7, 11) is 0. The maximum absolute atomic E-state index is 6.04. The Morgan fingerprint density at radius 3 is 2.15 bits per heavy atom. The molecule has 0 fully saturated rings. The molecule has 0 aliphatic carbocycles. The van der Waals surface area contributed by atoms with Gasteiger partial charge in [0.2, 0.25) is 0 Å². The highest BCUT2D eigenvalue weighted by atomic mass is 16.5. The average Bonchev–Trinajstić information content (AvgIpc) is 2.67. The standard InChI is InChI=1S/C24H35NO/c1-4-6-8-10-11-20(3)26-24-17-14-21(15-18-24)22-13-16-23(25-19-22)12-9-7-5-2/h13-20H,4-12H2,1-3H3. The zero-order valence-corrected chi connectivity index (χ0v) is 16.8. The molecule has 0 bridgehead atoms. The molecule has 0 aliphatic rings. The molecule has 1 unspecified atom stereocenters. The molecule has 0 radical (unpaired) electrons. The van der Waals surface area contributed by atoms with Crippen molar-refractivity contribution in [2.45, 2.75) is 84.7 Å². The lowest BCUT2D eigenvalue weighted by atomic mass is 10.1. The molecule has 0 saturated carbocycles. The van der Waals surface area contributed by atoms with E-state index in [2.05, 4.69) is 62.2 Å². The Labute approximate surface area is 160 Å². The summed E-state index contributed by atoms with van der Waals surface area (Å²) in [6.45, 7) is 6.65. The number of hydrogen-bond donors (Lipinski definition) is 0. The van der Waals surface area contributed by atoms with Crippen molar-refractivity contribution in [3.05, 3.63) is 48.3 Å². The minimum absolute atomic E-state index is 0.279. The van der Waals surface area contributed by atoms with Crippen LogP contribution < -0.4 is 4.74 Å². The molecule has 1 aromatic heterocycles. The summed E-state index contributed by atoms with van der Waals surface area (Å²) in [4.78, 5) is 4.62. The normalized spacial score (nSPS) is 12.1. The van der Waals surface area contributed by atoms with Gasteiger partial charge in [0.05, 0.1) is 6.10 Å². The molecule has 1 heterocycles. The van der Waals surface area contributed by atoms with Crippen molar-refractivity contribution in [3.63, 3.8) is 0 Å². The van der Waals surface area contributed by atoms with Crippen LogP contribution in [-0.4, -0.2) is 11.1 Å². The zero-order valence-electron chi connectivity index (χ0n) is 16.8. The lowest BCUT2D eigenvalue weighted by Crippen LogP contribution is -2.11. The van der Waals surface area contributed by atoms with E-state index in [9.17, 15) is 0 Å². The van der Waals surface area contributed by atoms with E-state index >= 15 is 0 Å². The largest absolute Gasteiger partial charge is 0.491 e. The van der Waals surface area contributed by atoms with Crippen LogP contribution in [0.5, 0.6) is 5.75 Å². The smallest absolute Gasteiger partial charge is 0.119 e. The number of unbranched alkanes of at least 4 members (excludes halogenated alkanes) is 5. The molecule has 142 valence electrons. The number of benzene rings is 1. The number of nitrogens with zero attached hydrogens (tertiary/aromatic N) is 1. The van der Waals surface area contributed by atoms with E-state index in [-0.39, 0.29) is 6.10 Å². The highest BCUT2D eigenvalue weighted by molar-refractivity contribution is 5.63. The predicted octanol–water partition coefficient (Wildman–Crippen LogP) is 7.22. The van der Waals surface area contributed by atoms with Crippen LogP contribution in [0.1, 0.15) is 77.8 Å². The fourth-order valence-electron chi connectivity index (χ4n) is 3.18. The van der Waals surface area contributed by atoms with Crippen molar-refractivity contribution in [1.82, 2.24) is 4.98 Å². The first-order valence-electron chi connectivity index (χ1n) is 10.4. The van der Waals surface area contributed by atoms with Gasteiger partial charge in [0.15, 0.2) is 0 Å². The molecule has 0 aliphatic heterocycles. The minimum atomic E-state index is 0.279. The van der Waals surface area contributed by atoms with Gasteiger partial charge < -0.3 is 4.74 Å². The topological polar surface area (TPSA) is 22.1 Å². The molecule has 0 N–H and O–H groups in total. The Bertz CT molecular complexity index is 603. The number of rotatable bonds is 12. The maximum atomic E-state index is 6.04. The van der Waals surface area contributed by atoms with Crippen LogP contribution >= 0.6 is 0 Å². The number of ether oxygens (including phenoxy) is 1. The Balaban J connectivity index is 1.84. The Hall–Kier alpha value is -1.83. The van der Waals surface area contributed by atoms with Crippen molar-refractivity contribution in [2.24, 2.45) is 0 Å². The van der Waals surface area contributed by atoms with Crippen LogP contribution in [-0.2, 0) is 6.42 Å². The molecule has 2 nitrogen and oxygen atoms in total. The summed E-state index contributed by atoms with van der Waals surface area (Å²) < 4.78 is 6.04. The quantitative estimate of drug-likeness (QED) is 0.376. The fraction of sp³-hybridized carbons (Fsp3) is 0.542. The van der Waals surface area contributed by atoms with Gasteiger partial charge in [0.1, 0.15) is 5.75 Å². The van der Waals surface area contributed by atoms with Gasteiger partial charge in [-0.2, -0.15) is 0 Å². The van der Waals surface area contributed by atoms with Crippen molar-refractivity contribution in [2.75, 3.05) is 0 Å². The molecule has 2 aromatic rings. The van der Waals surface area contributed by atoms with E-state index in [1.165, 1.54) is 61.8 Å². The lowest BCUT2D eigenvalue weighted by molar-refractivity contribution is 0.206. The first-order chi connectivity index (χ1) is 12.7. The average molecular weight is 354 g/mol. The molecule has 1 aromatic carbocycles. The van der Waals surface area contributed by atoms with E-state index in [0.717, 1.165) is 18.6 Å². The van der Waals surface area contributed by atoms with E-state index in [0.29, 0.717) is 0 Å². The summed E-state index contributed by atoms with van der Waals surface area (Å²) >= 11 is 0. The number of hydrogen-bond acceptors (Lipinski definition) is 2. The van der Waals surface area contributed by atoms with Crippen LogP contribution in [0.4, 0.5) is 0 Å². The van der Waals surface area contributed by atoms with Gasteiger partial charge >= 0.3 is 0 Å². The third-order valence-electron chi connectivity index (χ3n) is 4.85. The molecule has 26 heavy (non-hydrogen) atoms. The van der Waals surface area contributed by atoms with Gasteiger partial charge in [0.25, 0.3) is 0 Å². The summed E-state index contributed by atoms with van der Waals surface area (Å²) in [5.74, 6) is 0.959. The highest BCUT2D eigenvalue weighted by Crippen LogP contribution is 2.23. The van der Waals surface area contributed by atoms with E-state index in [1.54, 1.807) is 0 Å². The second-order valence-corrected chi connectivity index (χ2v) is 7.30. The van der Waals surface area contributed by atoms with Crippen LogP contribution in [0, 0.1) is 0 Å². The summed E-state index contributed by atoms with van der Waals surface area (Å²) in [6, 6.07) is 12.8. The maximum Gasteiger partial charge on any atom is 0.119 e. The van der Waals surface area contributed by atoms with Crippen molar-refractivity contribution >= 4 is 0 Å². The SMILES string of the molecule is CCCCCCC(C)Oc1ccc(-c2ccc(CCCCC)nc2)cc1. The molecule has 2 heteroatoms. The fourth-order valence-corrected chi connectivity index (χ4v) is 3.18. The Morgan fingerprint density at radius 2 is 1.50 bits per heavy atom. The van der Waals surface area contributed by atoms with Crippen molar-refractivity contribution in [1.29, 1.82) is 0 Å². The van der Waals surface area contributed by atoms with E-state index in [1.807, 2.05) is 6.20 Å². The van der Waals surface area contributed by atoms with Crippen molar-refractivity contribution in [3.8, 4) is 16.9 Å². The van der Waals surface area contributed by atoms with Crippen LogP contribution in [0.25, 0.3) is 11.1 Å². The summed E-state index contributed by atoms with van der Waals surface area (Å²) in [5.41, 5.74) is 3.56. The highest BCUT2D eigenvalue weighted by Gasteiger charge is 2.05. The van der Waals surface area contributed by atoms with Gasteiger partial charge in [0, 0.05) is 17.5 Å². The number of aryl methyl sites for hydroxylation is 1. The molecule has 0 saturated heterocycles. The number of aromatic nitrogens is 1. The minimum Gasteiger partial charge on any atom is -0.491 e. The summed E-state index contributed by atoms with van der Waals surface area (Å²) in [6.07, 6.45) is 13.4. The first-order valence-corrected chi connectivity index (χ1v) is 10.4. The molecular weight excluding hydrogens is 318 g/mol. The van der Waals surface area contributed by atoms with Gasteiger partial charge in [-0.15, -0.1) is 0 Å². The van der Waals surface area contributed by atoms with Gasteiger partial charge in [-0.3, -0.25) is 4.98 Å². The molecular formula is C24H35NO. The summed E-state index contributed by atoms with van der Waals surface area (Å²) in [5, 5.41) is 0. The molecule has 0 spiro atoms. The molecule has 2 rings (SSSR count). The van der Waals surface area contributed by atoms with Crippen LogP contribution in [0.2, 0.25) is 0 Å². The van der Waals surface area contributed by atoms with Crippen LogP contribution in [0.3, 0.4) is 0 Å². The van der Waals surface area contributed by atoms with Crippen LogP contribution in [0.15, 0.2) is 42.6 Å². The molecule has 0 amide bonds. The molecule has 1 atom stereocenters. The van der Waals surface area contributed by atoms with Crippen molar-refractivity contribution < 1.29 is 4.74 Å². The third kappa shape index (κ3) is 7.19. The second kappa shape index (κ2) is 11.7. The first kappa shape index (κ1) is 20.5. The van der Waals surface area contributed by atoms with Gasteiger partial charge in [-0.1, -0.05) is 64.2 Å². The van der Waals surface area contributed by atoms with Gasteiger partial charge in [-0.05, 0) is 56.4 Å². The second-order valence-electron chi connectivity index (χ2n) is 7.30. The lowest BCUT2D eigenvalue weighted by Gasteiger charge is -2.15. The Morgan fingerprint density at radius 1 is 0.808 bits per heavy atom. The van der Waals surface area contributed by atoms with E-state index < -0.39 is 0 Å². The zero-order chi connectivity index (χ0) is 18.6. The monoisotopic (exact) mass is 353 g/mol. The predicted molar refractivity (Wildman–Crippen MR) is 112 cm³/mol. The number of pyridine rings is 1. The third-order valence-corrected chi connectivity index (χ3v) is 4.85. The van der Waals surface area contributed by atoms with E-state index in [4.69, 9.17) is 4.74 Å². The Kier molecular flexibility index (Phi) is 9.23.